The van der Waals surface area contributed by atoms with Crippen molar-refractivity contribution in [2.75, 3.05) is 18.5 Å². The Kier molecular flexibility index (Phi) is 4.21. The second-order valence-corrected chi connectivity index (χ2v) is 7.65. The fourth-order valence-corrected chi connectivity index (χ4v) is 4.31. The summed E-state index contributed by atoms with van der Waals surface area (Å²) in [5.74, 6) is 0.770. The molecule has 8 heteroatoms. The highest BCUT2D eigenvalue weighted by Gasteiger charge is 2.18. The largest absolute Gasteiger partial charge is 0.486 e. The van der Waals surface area contributed by atoms with E-state index in [1.165, 1.54) is 23.5 Å². The van der Waals surface area contributed by atoms with Crippen molar-refractivity contribution >= 4 is 33.1 Å². The second kappa shape index (κ2) is 6.89. The van der Waals surface area contributed by atoms with Crippen LogP contribution in [0.25, 0.3) is 15.9 Å². The summed E-state index contributed by atoms with van der Waals surface area (Å²) in [4.78, 5) is 14.2. The number of amides is 1. The number of carbonyl (C=O) groups excluding carboxylic acids is 1. The topological polar surface area (TPSA) is 65.4 Å². The predicted molar refractivity (Wildman–Crippen MR) is 109 cm³/mol. The molecule has 0 bridgehead atoms. The number of hydrogen-bond acceptors (Lipinski definition) is 5. The molecule has 1 amide bonds. The number of anilines is 1. The van der Waals surface area contributed by atoms with E-state index in [1.807, 2.05) is 13.0 Å². The molecule has 29 heavy (non-hydrogen) atoms. The van der Waals surface area contributed by atoms with Gasteiger partial charge in [0.1, 0.15) is 23.9 Å². The van der Waals surface area contributed by atoms with Crippen LogP contribution in [0.2, 0.25) is 0 Å². The third kappa shape index (κ3) is 3.21. The van der Waals surface area contributed by atoms with Gasteiger partial charge < -0.3 is 14.8 Å². The molecule has 2 aromatic carbocycles. The van der Waals surface area contributed by atoms with Crippen molar-refractivity contribution in [3.8, 4) is 17.2 Å². The summed E-state index contributed by atoms with van der Waals surface area (Å²) >= 11 is 1.34. The summed E-state index contributed by atoms with van der Waals surface area (Å²) in [6, 6.07) is 13.3. The van der Waals surface area contributed by atoms with Gasteiger partial charge in [0.15, 0.2) is 11.5 Å². The number of fused-ring (bicyclic) bond motifs is 2. The van der Waals surface area contributed by atoms with Gasteiger partial charge in [-0.1, -0.05) is 0 Å². The molecule has 5 rings (SSSR count). The Balaban J connectivity index is 1.45. The molecule has 146 valence electrons. The Morgan fingerprint density at radius 3 is 2.66 bits per heavy atom. The van der Waals surface area contributed by atoms with Crippen molar-refractivity contribution < 1.29 is 18.7 Å². The lowest BCUT2D eigenvalue weighted by Gasteiger charge is -2.18. The SMILES string of the molecule is Cc1nn(-c2ccc(F)cc2)c2sc(C(=O)Nc3ccc4c(c3)OCCO4)cc12. The Bertz CT molecular complexity index is 1230. The first-order chi connectivity index (χ1) is 14.1. The third-order valence-corrected chi connectivity index (χ3v) is 5.75. The van der Waals surface area contributed by atoms with Gasteiger partial charge in [0.25, 0.3) is 5.91 Å². The van der Waals surface area contributed by atoms with E-state index >= 15 is 0 Å². The first-order valence-corrected chi connectivity index (χ1v) is 9.86. The average molecular weight is 409 g/mol. The molecule has 0 fully saturated rings. The molecule has 0 aliphatic carbocycles. The Labute approximate surface area is 169 Å². The number of aromatic nitrogens is 2. The van der Waals surface area contributed by atoms with Crippen LogP contribution in [0.1, 0.15) is 15.4 Å². The summed E-state index contributed by atoms with van der Waals surface area (Å²) in [6.45, 7) is 2.89. The van der Waals surface area contributed by atoms with Crippen LogP contribution in [0.3, 0.4) is 0 Å². The highest BCUT2D eigenvalue weighted by molar-refractivity contribution is 7.20. The van der Waals surface area contributed by atoms with E-state index < -0.39 is 0 Å². The minimum Gasteiger partial charge on any atom is -0.486 e. The van der Waals surface area contributed by atoms with Crippen molar-refractivity contribution in [1.29, 1.82) is 0 Å². The number of nitrogens with zero attached hydrogens (tertiary/aromatic N) is 2. The number of rotatable bonds is 3. The fourth-order valence-electron chi connectivity index (χ4n) is 3.23. The second-order valence-electron chi connectivity index (χ2n) is 6.62. The molecule has 1 aliphatic heterocycles. The van der Waals surface area contributed by atoms with Gasteiger partial charge in [0, 0.05) is 17.1 Å². The van der Waals surface area contributed by atoms with Gasteiger partial charge in [-0.05, 0) is 49.4 Å². The molecular formula is C21H16FN3O3S. The number of hydrogen-bond donors (Lipinski definition) is 1. The number of carbonyl (C=O) groups is 1. The minimum atomic E-state index is -0.306. The number of nitrogens with one attached hydrogen (secondary N) is 1. The summed E-state index contributed by atoms with van der Waals surface area (Å²) in [5, 5.41) is 8.32. The molecule has 0 radical (unpaired) electrons. The third-order valence-electron chi connectivity index (χ3n) is 4.64. The van der Waals surface area contributed by atoms with Gasteiger partial charge in [-0.3, -0.25) is 4.79 Å². The molecule has 4 aromatic rings. The monoisotopic (exact) mass is 409 g/mol. The van der Waals surface area contributed by atoms with Gasteiger partial charge in [0.05, 0.1) is 16.3 Å². The molecule has 1 N–H and O–H groups in total. The standard InChI is InChI=1S/C21H16FN3O3S/c1-12-16-11-19(29-21(16)25(24-12)15-5-2-13(22)3-6-15)20(26)23-14-4-7-17-18(10-14)28-9-8-27-17/h2-7,10-11H,8-9H2,1H3,(H,23,26). The fraction of sp³-hybridized carbons (Fsp3) is 0.143. The Morgan fingerprint density at radius 1 is 1.10 bits per heavy atom. The summed E-state index contributed by atoms with van der Waals surface area (Å²) in [7, 11) is 0. The van der Waals surface area contributed by atoms with Crippen LogP contribution >= 0.6 is 11.3 Å². The highest BCUT2D eigenvalue weighted by atomic mass is 32.1. The van der Waals surface area contributed by atoms with Gasteiger partial charge in [-0.25, -0.2) is 9.07 Å². The van der Waals surface area contributed by atoms with E-state index in [2.05, 4.69) is 10.4 Å². The van der Waals surface area contributed by atoms with E-state index in [9.17, 15) is 9.18 Å². The van der Waals surface area contributed by atoms with E-state index in [1.54, 1.807) is 35.0 Å². The number of thiophene rings is 1. The van der Waals surface area contributed by atoms with Gasteiger partial charge in [-0.15, -0.1) is 11.3 Å². The van der Waals surface area contributed by atoms with Crippen molar-refractivity contribution in [2.24, 2.45) is 0 Å². The van der Waals surface area contributed by atoms with Crippen molar-refractivity contribution in [3.05, 3.63) is 64.9 Å². The Hall–Kier alpha value is -3.39. The van der Waals surface area contributed by atoms with Crippen LogP contribution in [-0.4, -0.2) is 28.9 Å². The first-order valence-electron chi connectivity index (χ1n) is 9.04. The summed E-state index contributed by atoms with van der Waals surface area (Å²) in [6.07, 6.45) is 0. The van der Waals surface area contributed by atoms with Crippen molar-refractivity contribution in [3.63, 3.8) is 0 Å². The van der Waals surface area contributed by atoms with Crippen molar-refractivity contribution in [1.82, 2.24) is 9.78 Å². The molecule has 2 aromatic heterocycles. The van der Waals surface area contributed by atoms with Crippen LogP contribution < -0.4 is 14.8 Å². The quantitative estimate of drug-likeness (QED) is 0.539. The summed E-state index contributed by atoms with van der Waals surface area (Å²) < 4.78 is 26.0. The zero-order valence-electron chi connectivity index (χ0n) is 15.4. The summed E-state index contributed by atoms with van der Waals surface area (Å²) in [5.41, 5.74) is 2.18. The van der Waals surface area contributed by atoms with Gasteiger partial charge in [0.2, 0.25) is 0 Å². The maximum atomic E-state index is 13.2. The maximum absolute atomic E-state index is 13.2. The average Bonchev–Trinajstić information content (AvgIpc) is 3.29. The van der Waals surface area contributed by atoms with E-state index in [0.717, 1.165) is 21.6 Å². The molecule has 0 atom stereocenters. The van der Waals surface area contributed by atoms with Gasteiger partial charge in [-0.2, -0.15) is 5.10 Å². The first kappa shape index (κ1) is 17.7. The molecule has 0 saturated heterocycles. The smallest absolute Gasteiger partial charge is 0.265 e. The number of aryl methyl sites for hydroxylation is 1. The van der Waals surface area contributed by atoms with Crippen LogP contribution in [0.4, 0.5) is 10.1 Å². The zero-order valence-corrected chi connectivity index (χ0v) is 16.3. The lowest BCUT2D eigenvalue weighted by atomic mass is 10.2. The lowest BCUT2D eigenvalue weighted by molar-refractivity contribution is 0.103. The van der Waals surface area contributed by atoms with E-state index in [-0.39, 0.29) is 11.7 Å². The van der Waals surface area contributed by atoms with E-state index in [0.29, 0.717) is 35.3 Å². The molecule has 6 nitrogen and oxygen atoms in total. The van der Waals surface area contributed by atoms with Gasteiger partial charge >= 0.3 is 0 Å². The molecule has 3 heterocycles. The molecule has 0 saturated carbocycles. The number of halogens is 1. The van der Waals surface area contributed by atoms with Crippen LogP contribution in [0, 0.1) is 12.7 Å². The van der Waals surface area contributed by atoms with Crippen LogP contribution in [0.15, 0.2) is 48.5 Å². The minimum absolute atomic E-state index is 0.215. The maximum Gasteiger partial charge on any atom is 0.265 e. The predicted octanol–water partition coefficient (Wildman–Crippen LogP) is 4.56. The normalized spacial score (nSPS) is 12.9. The molecule has 0 spiro atoms. The van der Waals surface area contributed by atoms with Crippen LogP contribution in [-0.2, 0) is 0 Å². The van der Waals surface area contributed by atoms with E-state index in [4.69, 9.17) is 9.47 Å². The number of benzene rings is 2. The Morgan fingerprint density at radius 2 is 1.86 bits per heavy atom. The number of ether oxygens (including phenoxy) is 2. The van der Waals surface area contributed by atoms with Crippen molar-refractivity contribution in [2.45, 2.75) is 6.92 Å². The highest BCUT2D eigenvalue weighted by Crippen LogP contribution is 2.34. The zero-order chi connectivity index (χ0) is 20.0. The lowest BCUT2D eigenvalue weighted by Crippen LogP contribution is -2.16. The molecule has 1 aliphatic rings. The molecule has 0 unspecified atom stereocenters. The van der Waals surface area contributed by atoms with Crippen LogP contribution in [0.5, 0.6) is 11.5 Å². The molecular weight excluding hydrogens is 393 g/mol.